The summed E-state index contributed by atoms with van der Waals surface area (Å²) < 4.78 is 7.69. The molecule has 2 aromatic heterocycles. The summed E-state index contributed by atoms with van der Waals surface area (Å²) in [6.07, 6.45) is 2.87. The van der Waals surface area contributed by atoms with E-state index in [1.165, 1.54) is 0 Å². The first-order valence-electron chi connectivity index (χ1n) is 10.1. The van der Waals surface area contributed by atoms with Crippen LogP contribution in [-0.2, 0) is 22.5 Å². The Bertz CT molecular complexity index is 1190. The zero-order valence-corrected chi connectivity index (χ0v) is 16.3. The Morgan fingerprint density at radius 2 is 2.14 bits per heavy atom. The second kappa shape index (κ2) is 7.33. The molecule has 1 fully saturated rings. The van der Waals surface area contributed by atoms with Gasteiger partial charge in [-0.2, -0.15) is 0 Å². The van der Waals surface area contributed by atoms with Crippen LogP contribution in [0, 0.1) is 0 Å². The zero-order valence-electron chi connectivity index (χ0n) is 16.3. The summed E-state index contributed by atoms with van der Waals surface area (Å²) in [5.41, 5.74) is 4.41. The van der Waals surface area contributed by atoms with Gasteiger partial charge >= 0.3 is 0 Å². The van der Waals surface area contributed by atoms with E-state index < -0.39 is 0 Å². The van der Waals surface area contributed by atoms with Crippen LogP contribution < -0.4 is 5.32 Å². The minimum absolute atomic E-state index is 0.0439. The number of ether oxygens (including phenoxy) is 1. The molecule has 2 aromatic carbocycles. The lowest BCUT2D eigenvalue weighted by Gasteiger charge is -2.09. The van der Waals surface area contributed by atoms with E-state index in [4.69, 9.17) is 4.74 Å². The summed E-state index contributed by atoms with van der Waals surface area (Å²) in [6, 6.07) is 13.6. The molecule has 0 spiro atoms. The Morgan fingerprint density at radius 1 is 1.24 bits per heavy atom. The van der Waals surface area contributed by atoms with Crippen molar-refractivity contribution in [2.45, 2.75) is 38.8 Å². The number of carbonyl (C=O) groups is 1. The average molecular weight is 389 g/mol. The van der Waals surface area contributed by atoms with Crippen molar-refractivity contribution in [3.63, 3.8) is 0 Å². The maximum atomic E-state index is 12.7. The van der Waals surface area contributed by atoms with Crippen molar-refractivity contribution in [1.29, 1.82) is 0 Å². The van der Waals surface area contributed by atoms with Crippen LogP contribution in [0.3, 0.4) is 0 Å². The molecule has 3 heterocycles. The number of nitrogens with zero attached hydrogens (tertiary/aromatic N) is 3. The number of nitrogens with one attached hydrogen (secondary N) is 2. The second-order valence-corrected chi connectivity index (χ2v) is 7.36. The van der Waals surface area contributed by atoms with Crippen LogP contribution in [0.4, 0.5) is 5.69 Å². The molecular formula is C22H23N5O2. The van der Waals surface area contributed by atoms with Crippen LogP contribution in [0.15, 0.2) is 42.5 Å². The molecule has 1 unspecified atom stereocenters. The Hall–Kier alpha value is -3.19. The average Bonchev–Trinajstić information content (AvgIpc) is 3.46. The Balaban J connectivity index is 1.36. The number of aromatic nitrogens is 4. The van der Waals surface area contributed by atoms with Gasteiger partial charge in [0, 0.05) is 18.7 Å². The monoisotopic (exact) mass is 389 g/mol. The first-order valence-corrected chi connectivity index (χ1v) is 10.1. The molecule has 29 heavy (non-hydrogen) atoms. The van der Waals surface area contributed by atoms with Crippen LogP contribution in [0.2, 0.25) is 0 Å². The standard InChI is InChI=1S/C22H23N5O2/c1-2-20-24-16-6-3-4-7-18(16)27(20)13-21(28)23-14-9-10-15-17(12-14)26-22(25-15)19-8-5-11-29-19/h3-4,6-7,9-10,12,19H,2,5,8,11,13H2,1H3,(H,23,28)(H,25,26). The highest BCUT2D eigenvalue weighted by Crippen LogP contribution is 2.28. The number of anilines is 1. The summed E-state index contributed by atoms with van der Waals surface area (Å²) in [5.74, 6) is 1.69. The summed E-state index contributed by atoms with van der Waals surface area (Å²) in [7, 11) is 0. The third-order valence-electron chi connectivity index (χ3n) is 5.37. The molecule has 7 nitrogen and oxygen atoms in total. The third-order valence-corrected chi connectivity index (χ3v) is 5.37. The summed E-state index contributed by atoms with van der Waals surface area (Å²) in [4.78, 5) is 25.3. The van der Waals surface area contributed by atoms with Crippen molar-refractivity contribution in [3.05, 3.63) is 54.1 Å². The lowest BCUT2D eigenvalue weighted by Crippen LogP contribution is -2.20. The Kier molecular flexibility index (Phi) is 4.52. The fourth-order valence-corrected chi connectivity index (χ4v) is 3.97. The van der Waals surface area contributed by atoms with Crippen LogP contribution in [0.25, 0.3) is 22.1 Å². The minimum atomic E-state index is -0.0823. The van der Waals surface area contributed by atoms with Gasteiger partial charge in [-0.15, -0.1) is 0 Å². The number of fused-ring (bicyclic) bond motifs is 2. The van der Waals surface area contributed by atoms with Crippen molar-refractivity contribution in [1.82, 2.24) is 19.5 Å². The van der Waals surface area contributed by atoms with Crippen molar-refractivity contribution in [3.8, 4) is 0 Å². The van der Waals surface area contributed by atoms with E-state index in [-0.39, 0.29) is 18.6 Å². The number of imidazole rings is 2. The number of aryl methyl sites for hydroxylation is 1. The smallest absolute Gasteiger partial charge is 0.244 e. The number of amides is 1. The van der Waals surface area contributed by atoms with Gasteiger partial charge in [0.1, 0.15) is 24.3 Å². The molecule has 0 radical (unpaired) electrons. The van der Waals surface area contributed by atoms with Crippen molar-refractivity contribution >= 4 is 33.7 Å². The number of benzene rings is 2. The number of rotatable bonds is 5. The van der Waals surface area contributed by atoms with E-state index in [1.54, 1.807) is 0 Å². The molecule has 0 aliphatic carbocycles. The number of carbonyl (C=O) groups excluding carboxylic acids is 1. The Morgan fingerprint density at radius 3 is 2.97 bits per heavy atom. The first-order chi connectivity index (χ1) is 14.2. The van der Waals surface area contributed by atoms with Crippen LogP contribution >= 0.6 is 0 Å². The maximum absolute atomic E-state index is 12.7. The summed E-state index contributed by atoms with van der Waals surface area (Å²) in [6.45, 7) is 3.06. The van der Waals surface area contributed by atoms with E-state index in [0.717, 1.165) is 65.3 Å². The van der Waals surface area contributed by atoms with E-state index in [0.29, 0.717) is 0 Å². The third kappa shape index (κ3) is 3.38. The second-order valence-electron chi connectivity index (χ2n) is 7.36. The lowest BCUT2D eigenvalue weighted by molar-refractivity contribution is -0.116. The highest BCUT2D eigenvalue weighted by molar-refractivity contribution is 5.93. The molecule has 5 rings (SSSR count). The van der Waals surface area contributed by atoms with Crippen LogP contribution in [-0.4, -0.2) is 32.0 Å². The van der Waals surface area contributed by atoms with Crippen molar-refractivity contribution in [2.75, 3.05) is 11.9 Å². The van der Waals surface area contributed by atoms with Gasteiger partial charge in [0.2, 0.25) is 5.91 Å². The van der Waals surface area contributed by atoms with Crippen molar-refractivity contribution in [2.24, 2.45) is 0 Å². The highest BCUT2D eigenvalue weighted by atomic mass is 16.5. The number of H-pyrrole nitrogens is 1. The van der Waals surface area contributed by atoms with Gasteiger partial charge in [0.15, 0.2) is 0 Å². The van der Waals surface area contributed by atoms with E-state index in [9.17, 15) is 4.79 Å². The van der Waals surface area contributed by atoms with Gasteiger partial charge in [-0.3, -0.25) is 4.79 Å². The molecule has 0 saturated carbocycles. The molecule has 1 saturated heterocycles. The largest absolute Gasteiger partial charge is 0.370 e. The van der Waals surface area contributed by atoms with Crippen LogP contribution in [0.5, 0.6) is 0 Å². The van der Waals surface area contributed by atoms with Crippen molar-refractivity contribution < 1.29 is 9.53 Å². The van der Waals surface area contributed by atoms with E-state index in [1.807, 2.05) is 54.0 Å². The van der Waals surface area contributed by atoms with Gasteiger partial charge in [0.05, 0.1) is 22.1 Å². The molecular weight excluding hydrogens is 366 g/mol. The van der Waals surface area contributed by atoms with Crippen LogP contribution in [0.1, 0.15) is 37.5 Å². The molecule has 1 aliphatic heterocycles. The zero-order chi connectivity index (χ0) is 19.8. The maximum Gasteiger partial charge on any atom is 0.244 e. The Labute approximate surface area is 168 Å². The molecule has 1 aliphatic rings. The predicted molar refractivity (Wildman–Crippen MR) is 112 cm³/mol. The molecule has 1 atom stereocenters. The molecule has 4 aromatic rings. The van der Waals surface area contributed by atoms with E-state index in [2.05, 4.69) is 20.3 Å². The summed E-state index contributed by atoms with van der Waals surface area (Å²) >= 11 is 0. The number of aromatic amines is 1. The van der Waals surface area contributed by atoms with Gasteiger partial charge in [-0.25, -0.2) is 9.97 Å². The fourth-order valence-electron chi connectivity index (χ4n) is 3.97. The van der Waals surface area contributed by atoms with Gasteiger partial charge in [0.25, 0.3) is 0 Å². The fraction of sp³-hybridized carbons (Fsp3) is 0.318. The lowest BCUT2D eigenvalue weighted by atomic mass is 10.2. The highest BCUT2D eigenvalue weighted by Gasteiger charge is 2.21. The minimum Gasteiger partial charge on any atom is -0.370 e. The molecule has 0 bridgehead atoms. The molecule has 148 valence electrons. The summed E-state index contributed by atoms with van der Waals surface area (Å²) in [5, 5.41) is 3.00. The van der Waals surface area contributed by atoms with Gasteiger partial charge < -0.3 is 19.6 Å². The normalized spacial score (nSPS) is 16.7. The molecule has 1 amide bonds. The van der Waals surface area contributed by atoms with E-state index >= 15 is 0 Å². The number of hydrogen-bond acceptors (Lipinski definition) is 4. The number of para-hydroxylation sites is 2. The van der Waals surface area contributed by atoms with Gasteiger partial charge in [-0.05, 0) is 43.2 Å². The molecule has 2 N–H and O–H groups in total. The number of hydrogen-bond donors (Lipinski definition) is 2. The first kappa shape index (κ1) is 17.9. The SMILES string of the molecule is CCc1nc2ccccc2n1CC(=O)Nc1ccc2nc(C3CCCO3)[nH]c2c1. The predicted octanol–water partition coefficient (Wildman–Crippen LogP) is 3.97. The van der Waals surface area contributed by atoms with Gasteiger partial charge in [-0.1, -0.05) is 19.1 Å². The topological polar surface area (TPSA) is 84.8 Å². The quantitative estimate of drug-likeness (QED) is 0.541. The molecule has 7 heteroatoms.